The van der Waals surface area contributed by atoms with Crippen molar-refractivity contribution in [1.82, 2.24) is 15.5 Å². The fraction of sp³-hybridized carbons (Fsp3) is 0.636. The number of piperidine rings is 1. The van der Waals surface area contributed by atoms with Gasteiger partial charge in [-0.25, -0.2) is 4.79 Å². The fourth-order valence-corrected chi connectivity index (χ4v) is 3.53. The maximum atomic E-state index is 12.5. The Morgan fingerprint density at radius 3 is 2.38 bits per heavy atom. The molecule has 29 heavy (non-hydrogen) atoms. The van der Waals surface area contributed by atoms with Gasteiger partial charge in [-0.15, -0.1) is 0 Å². The summed E-state index contributed by atoms with van der Waals surface area (Å²) in [6.07, 6.45) is 1.55. The van der Waals surface area contributed by atoms with E-state index in [9.17, 15) is 9.59 Å². The zero-order chi connectivity index (χ0) is 21.2. The van der Waals surface area contributed by atoms with Crippen LogP contribution in [0.5, 0.6) is 5.75 Å². The van der Waals surface area contributed by atoms with Crippen molar-refractivity contribution in [3.63, 3.8) is 0 Å². The number of amides is 2. The molecule has 162 valence electrons. The summed E-state index contributed by atoms with van der Waals surface area (Å²) in [4.78, 5) is 26.6. The van der Waals surface area contributed by atoms with Crippen molar-refractivity contribution in [3.05, 3.63) is 29.8 Å². The van der Waals surface area contributed by atoms with Gasteiger partial charge in [-0.3, -0.25) is 9.69 Å². The summed E-state index contributed by atoms with van der Waals surface area (Å²) in [5, 5.41) is 5.67. The van der Waals surface area contributed by atoms with Gasteiger partial charge in [0, 0.05) is 13.1 Å². The topological polar surface area (TPSA) is 79.9 Å². The standard InChI is InChI=1S/C22H35N3O4/c1-5-29-22(27)24-20(16(2)3)21(26)23-14-17-10-12-25(13-11-17)15-18-6-8-19(28-4)9-7-18/h6-9,16-17,20H,5,10-15H2,1-4H3,(H,23,26)(H,24,27). The Kier molecular flexibility index (Phi) is 9.25. The minimum atomic E-state index is -0.579. The molecule has 0 saturated carbocycles. The van der Waals surface area contributed by atoms with Crippen LogP contribution in [0.3, 0.4) is 0 Å². The number of alkyl carbamates (subject to hydrolysis) is 1. The van der Waals surface area contributed by atoms with Crippen LogP contribution in [-0.4, -0.2) is 56.3 Å². The predicted molar refractivity (Wildman–Crippen MR) is 113 cm³/mol. The lowest BCUT2D eigenvalue weighted by molar-refractivity contribution is -0.124. The highest BCUT2D eigenvalue weighted by Gasteiger charge is 2.26. The molecular formula is C22H35N3O4. The molecule has 2 amide bonds. The van der Waals surface area contributed by atoms with Gasteiger partial charge < -0.3 is 20.1 Å². The zero-order valence-electron chi connectivity index (χ0n) is 18.1. The van der Waals surface area contributed by atoms with Crippen LogP contribution in [0, 0.1) is 11.8 Å². The molecule has 1 aromatic carbocycles. The average Bonchev–Trinajstić information content (AvgIpc) is 2.72. The number of nitrogens with one attached hydrogen (secondary N) is 2. The van der Waals surface area contributed by atoms with Crippen LogP contribution in [0.25, 0.3) is 0 Å². The molecule has 1 aliphatic rings. The SMILES string of the molecule is CCOC(=O)NC(C(=O)NCC1CCN(Cc2ccc(OC)cc2)CC1)C(C)C. The maximum absolute atomic E-state index is 12.5. The molecule has 1 aromatic rings. The maximum Gasteiger partial charge on any atom is 0.407 e. The van der Waals surface area contributed by atoms with Crippen LogP contribution in [-0.2, 0) is 16.1 Å². The highest BCUT2D eigenvalue weighted by molar-refractivity contribution is 5.85. The van der Waals surface area contributed by atoms with Crippen LogP contribution >= 0.6 is 0 Å². The highest BCUT2D eigenvalue weighted by Crippen LogP contribution is 2.20. The van der Waals surface area contributed by atoms with Crippen molar-refractivity contribution in [1.29, 1.82) is 0 Å². The van der Waals surface area contributed by atoms with E-state index in [1.807, 2.05) is 26.0 Å². The van der Waals surface area contributed by atoms with Crippen molar-refractivity contribution in [2.24, 2.45) is 11.8 Å². The molecule has 0 radical (unpaired) electrons. The first kappa shape index (κ1) is 23.0. The minimum absolute atomic E-state index is 0.00856. The summed E-state index contributed by atoms with van der Waals surface area (Å²) in [6, 6.07) is 7.62. The van der Waals surface area contributed by atoms with Crippen LogP contribution in [0.1, 0.15) is 39.2 Å². The molecular weight excluding hydrogens is 370 g/mol. The van der Waals surface area contributed by atoms with Crippen molar-refractivity contribution in [2.75, 3.05) is 33.4 Å². The predicted octanol–water partition coefficient (Wildman–Crippen LogP) is 2.79. The molecule has 0 aromatic heterocycles. The molecule has 2 N–H and O–H groups in total. The molecule has 0 bridgehead atoms. The first-order valence-electron chi connectivity index (χ1n) is 10.5. The summed E-state index contributed by atoms with van der Waals surface area (Å²) >= 11 is 0. The molecule has 1 fully saturated rings. The molecule has 2 rings (SSSR count). The van der Waals surface area contributed by atoms with Gasteiger partial charge in [0.1, 0.15) is 11.8 Å². The van der Waals surface area contributed by atoms with E-state index < -0.39 is 12.1 Å². The van der Waals surface area contributed by atoms with Gasteiger partial charge in [-0.2, -0.15) is 0 Å². The van der Waals surface area contributed by atoms with Gasteiger partial charge in [-0.1, -0.05) is 26.0 Å². The Labute approximate surface area is 174 Å². The third-order valence-corrected chi connectivity index (χ3v) is 5.34. The summed E-state index contributed by atoms with van der Waals surface area (Å²) < 4.78 is 10.1. The van der Waals surface area contributed by atoms with Gasteiger partial charge in [0.2, 0.25) is 5.91 Å². The summed E-state index contributed by atoms with van der Waals surface area (Å²) in [6.45, 7) is 9.45. The van der Waals surface area contributed by atoms with Gasteiger partial charge in [-0.05, 0) is 62.4 Å². The van der Waals surface area contributed by atoms with Crippen LogP contribution in [0.15, 0.2) is 24.3 Å². The quantitative estimate of drug-likeness (QED) is 0.660. The van der Waals surface area contributed by atoms with E-state index in [-0.39, 0.29) is 18.4 Å². The Hall–Kier alpha value is -2.28. The molecule has 0 spiro atoms. The van der Waals surface area contributed by atoms with Gasteiger partial charge >= 0.3 is 6.09 Å². The van der Waals surface area contributed by atoms with E-state index in [1.54, 1.807) is 14.0 Å². The molecule has 1 saturated heterocycles. The van der Waals surface area contributed by atoms with Gasteiger partial charge in [0.15, 0.2) is 0 Å². The Morgan fingerprint density at radius 1 is 1.17 bits per heavy atom. The van der Waals surface area contributed by atoms with Gasteiger partial charge in [0.05, 0.1) is 13.7 Å². The number of hydrogen-bond donors (Lipinski definition) is 2. The average molecular weight is 406 g/mol. The fourth-order valence-electron chi connectivity index (χ4n) is 3.53. The Morgan fingerprint density at radius 2 is 1.83 bits per heavy atom. The van der Waals surface area contributed by atoms with Crippen molar-refractivity contribution >= 4 is 12.0 Å². The first-order chi connectivity index (χ1) is 13.9. The number of carbonyl (C=O) groups is 2. The molecule has 1 unspecified atom stereocenters. The second-order valence-corrected chi connectivity index (χ2v) is 7.90. The van der Waals surface area contributed by atoms with E-state index in [1.165, 1.54) is 5.56 Å². The smallest absolute Gasteiger partial charge is 0.407 e. The molecule has 1 aliphatic heterocycles. The Bertz CT molecular complexity index is 640. The van der Waals surface area contributed by atoms with E-state index in [0.29, 0.717) is 12.5 Å². The second-order valence-electron chi connectivity index (χ2n) is 7.90. The lowest BCUT2D eigenvalue weighted by Crippen LogP contribution is -2.51. The van der Waals surface area contributed by atoms with Crippen LogP contribution in [0.2, 0.25) is 0 Å². The number of nitrogens with zero attached hydrogens (tertiary/aromatic N) is 1. The summed E-state index contributed by atoms with van der Waals surface area (Å²) in [5.74, 6) is 1.18. The molecule has 1 atom stereocenters. The lowest BCUT2D eigenvalue weighted by atomic mass is 9.96. The monoisotopic (exact) mass is 405 g/mol. The molecule has 0 aliphatic carbocycles. The van der Waals surface area contributed by atoms with Crippen molar-refractivity contribution in [3.8, 4) is 5.75 Å². The van der Waals surface area contributed by atoms with Crippen molar-refractivity contribution in [2.45, 2.75) is 46.2 Å². The second kappa shape index (κ2) is 11.7. The number of ether oxygens (including phenoxy) is 2. The number of rotatable bonds is 9. The number of carbonyl (C=O) groups excluding carboxylic acids is 2. The van der Waals surface area contributed by atoms with Crippen LogP contribution in [0.4, 0.5) is 4.79 Å². The highest BCUT2D eigenvalue weighted by atomic mass is 16.5. The molecule has 7 nitrogen and oxygen atoms in total. The van der Waals surface area contributed by atoms with Crippen LogP contribution < -0.4 is 15.4 Å². The van der Waals surface area contributed by atoms with E-state index in [0.717, 1.165) is 38.2 Å². The Balaban J connectivity index is 1.73. The normalized spacial score (nSPS) is 16.3. The van der Waals surface area contributed by atoms with E-state index in [4.69, 9.17) is 9.47 Å². The van der Waals surface area contributed by atoms with Crippen molar-refractivity contribution < 1.29 is 19.1 Å². The molecule has 1 heterocycles. The number of likely N-dealkylation sites (tertiary alicyclic amines) is 1. The van der Waals surface area contributed by atoms with E-state index >= 15 is 0 Å². The first-order valence-corrected chi connectivity index (χ1v) is 10.5. The number of methoxy groups -OCH3 is 1. The number of benzene rings is 1. The zero-order valence-corrected chi connectivity index (χ0v) is 18.1. The number of hydrogen-bond acceptors (Lipinski definition) is 5. The summed E-state index contributed by atoms with van der Waals surface area (Å²) in [7, 11) is 1.68. The third kappa shape index (κ3) is 7.57. The largest absolute Gasteiger partial charge is 0.497 e. The van der Waals surface area contributed by atoms with Gasteiger partial charge in [0.25, 0.3) is 0 Å². The third-order valence-electron chi connectivity index (χ3n) is 5.34. The van der Waals surface area contributed by atoms with E-state index in [2.05, 4.69) is 27.7 Å². The molecule has 7 heteroatoms. The summed E-state index contributed by atoms with van der Waals surface area (Å²) in [5.41, 5.74) is 1.28. The lowest BCUT2D eigenvalue weighted by Gasteiger charge is -2.32. The minimum Gasteiger partial charge on any atom is -0.497 e.